The van der Waals surface area contributed by atoms with Crippen molar-refractivity contribution in [2.24, 2.45) is 5.92 Å². The van der Waals surface area contributed by atoms with Gasteiger partial charge < -0.3 is 10.5 Å². The van der Waals surface area contributed by atoms with Crippen LogP contribution in [0.25, 0.3) is 0 Å². The first-order valence-corrected chi connectivity index (χ1v) is 7.83. The highest BCUT2D eigenvalue weighted by atomic mass is 32.2. The summed E-state index contributed by atoms with van der Waals surface area (Å²) in [7, 11) is -3.44. The van der Waals surface area contributed by atoms with E-state index in [0.29, 0.717) is 37.8 Å². The molecule has 1 aromatic carbocycles. The first kappa shape index (κ1) is 15.9. The van der Waals surface area contributed by atoms with Crippen molar-refractivity contribution in [3.05, 3.63) is 24.3 Å². The van der Waals surface area contributed by atoms with E-state index in [0.717, 1.165) is 0 Å². The molecule has 0 aliphatic carbocycles. The van der Waals surface area contributed by atoms with Crippen LogP contribution in [0.4, 0.5) is 5.69 Å². The van der Waals surface area contributed by atoms with Crippen LogP contribution in [-0.2, 0) is 14.8 Å². The molecular formula is C13H22N2O3S. The van der Waals surface area contributed by atoms with Crippen LogP contribution in [0.3, 0.4) is 0 Å². The first-order valence-electron chi connectivity index (χ1n) is 6.35. The lowest BCUT2D eigenvalue weighted by Crippen LogP contribution is -2.25. The smallest absolute Gasteiger partial charge is 0.240 e. The summed E-state index contributed by atoms with van der Waals surface area (Å²) in [5.74, 6) is 0.492. The molecule has 0 heterocycles. The average Bonchev–Trinajstić information content (AvgIpc) is 2.34. The van der Waals surface area contributed by atoms with E-state index >= 15 is 0 Å². The van der Waals surface area contributed by atoms with Crippen LogP contribution in [0.5, 0.6) is 0 Å². The fourth-order valence-electron chi connectivity index (χ4n) is 1.43. The molecule has 6 heteroatoms. The normalized spacial score (nSPS) is 11.9. The Hall–Kier alpha value is -1.11. The standard InChI is InChI=1S/C13H22N2O3S/c1-11(2)10-18-9-3-8-15-19(16,17)13-6-4-12(14)5-7-13/h4-7,11,15H,3,8-10,14H2,1-2H3. The molecule has 0 spiro atoms. The number of hydrogen-bond donors (Lipinski definition) is 2. The van der Waals surface area contributed by atoms with Gasteiger partial charge in [0.25, 0.3) is 0 Å². The van der Waals surface area contributed by atoms with Gasteiger partial charge in [-0.05, 0) is 36.6 Å². The predicted octanol–water partition coefficient (Wildman–Crippen LogP) is 1.61. The van der Waals surface area contributed by atoms with E-state index < -0.39 is 10.0 Å². The van der Waals surface area contributed by atoms with E-state index in [4.69, 9.17) is 10.5 Å². The number of hydrogen-bond acceptors (Lipinski definition) is 4. The molecule has 0 unspecified atom stereocenters. The summed E-state index contributed by atoms with van der Waals surface area (Å²) in [6.45, 7) is 5.77. The Morgan fingerprint density at radius 1 is 1.26 bits per heavy atom. The second-order valence-corrected chi connectivity index (χ2v) is 6.56. The molecule has 0 bridgehead atoms. The van der Waals surface area contributed by atoms with E-state index in [1.54, 1.807) is 12.1 Å². The van der Waals surface area contributed by atoms with Gasteiger partial charge in [0.1, 0.15) is 0 Å². The number of anilines is 1. The van der Waals surface area contributed by atoms with Crippen LogP contribution >= 0.6 is 0 Å². The third kappa shape index (κ3) is 6.04. The van der Waals surface area contributed by atoms with Crippen LogP contribution in [0.15, 0.2) is 29.2 Å². The minimum atomic E-state index is -3.44. The zero-order valence-electron chi connectivity index (χ0n) is 11.4. The molecule has 0 fully saturated rings. The topological polar surface area (TPSA) is 81.4 Å². The lowest BCUT2D eigenvalue weighted by atomic mass is 10.2. The van der Waals surface area contributed by atoms with Crippen LogP contribution in [0.2, 0.25) is 0 Å². The Kier molecular flexibility index (Phi) is 6.27. The molecule has 108 valence electrons. The van der Waals surface area contributed by atoms with E-state index in [1.807, 2.05) is 0 Å². The fraction of sp³-hybridized carbons (Fsp3) is 0.538. The molecule has 3 N–H and O–H groups in total. The van der Waals surface area contributed by atoms with Crippen molar-refractivity contribution in [2.75, 3.05) is 25.5 Å². The lowest BCUT2D eigenvalue weighted by molar-refractivity contribution is 0.108. The van der Waals surface area contributed by atoms with Crippen molar-refractivity contribution in [2.45, 2.75) is 25.2 Å². The zero-order valence-corrected chi connectivity index (χ0v) is 12.2. The highest BCUT2D eigenvalue weighted by Crippen LogP contribution is 2.11. The van der Waals surface area contributed by atoms with E-state index in [2.05, 4.69) is 18.6 Å². The fourth-order valence-corrected chi connectivity index (χ4v) is 2.50. The Bertz CT molecular complexity index is 469. The largest absolute Gasteiger partial charge is 0.399 e. The maximum atomic E-state index is 11.9. The van der Waals surface area contributed by atoms with Crippen molar-refractivity contribution in [1.82, 2.24) is 4.72 Å². The van der Waals surface area contributed by atoms with Crippen molar-refractivity contribution >= 4 is 15.7 Å². The molecule has 19 heavy (non-hydrogen) atoms. The van der Waals surface area contributed by atoms with Gasteiger partial charge in [0, 0.05) is 25.4 Å². The lowest BCUT2D eigenvalue weighted by Gasteiger charge is -2.08. The van der Waals surface area contributed by atoms with Gasteiger partial charge in [-0.25, -0.2) is 13.1 Å². The maximum Gasteiger partial charge on any atom is 0.240 e. The molecule has 1 aromatic rings. The summed E-state index contributed by atoms with van der Waals surface area (Å²) in [4.78, 5) is 0.227. The predicted molar refractivity (Wildman–Crippen MR) is 76.3 cm³/mol. The van der Waals surface area contributed by atoms with Gasteiger partial charge in [-0.15, -0.1) is 0 Å². The SMILES string of the molecule is CC(C)COCCCNS(=O)(=O)c1ccc(N)cc1. The number of nitrogen functional groups attached to an aromatic ring is 1. The van der Waals surface area contributed by atoms with Crippen LogP contribution < -0.4 is 10.5 Å². The van der Waals surface area contributed by atoms with Gasteiger partial charge in [-0.3, -0.25) is 0 Å². The molecule has 0 atom stereocenters. The number of rotatable bonds is 8. The van der Waals surface area contributed by atoms with Gasteiger partial charge in [-0.1, -0.05) is 13.8 Å². The molecule has 0 saturated heterocycles. The minimum absolute atomic E-state index is 0.227. The van der Waals surface area contributed by atoms with Gasteiger partial charge in [0.2, 0.25) is 10.0 Å². The summed E-state index contributed by atoms with van der Waals surface area (Å²) >= 11 is 0. The molecule has 0 aliphatic rings. The minimum Gasteiger partial charge on any atom is -0.399 e. The second-order valence-electron chi connectivity index (χ2n) is 4.79. The number of nitrogens with one attached hydrogen (secondary N) is 1. The van der Waals surface area contributed by atoms with Gasteiger partial charge in [0.15, 0.2) is 0 Å². The highest BCUT2D eigenvalue weighted by Gasteiger charge is 2.12. The van der Waals surface area contributed by atoms with Crippen molar-refractivity contribution < 1.29 is 13.2 Å². The summed E-state index contributed by atoms with van der Waals surface area (Å²) in [5.41, 5.74) is 6.06. The second kappa shape index (κ2) is 7.47. The summed E-state index contributed by atoms with van der Waals surface area (Å²) in [5, 5.41) is 0. The monoisotopic (exact) mass is 286 g/mol. The Labute approximate surface area is 115 Å². The molecule has 0 radical (unpaired) electrons. The first-order chi connectivity index (χ1) is 8.92. The van der Waals surface area contributed by atoms with Gasteiger partial charge in [-0.2, -0.15) is 0 Å². The Morgan fingerprint density at radius 3 is 2.47 bits per heavy atom. The van der Waals surface area contributed by atoms with Crippen LogP contribution in [-0.4, -0.2) is 28.2 Å². The Balaban J connectivity index is 2.33. The number of ether oxygens (including phenoxy) is 1. The quantitative estimate of drug-likeness (QED) is 0.562. The summed E-state index contributed by atoms with van der Waals surface area (Å²) in [6, 6.07) is 6.13. The van der Waals surface area contributed by atoms with E-state index in [9.17, 15) is 8.42 Å². The van der Waals surface area contributed by atoms with Crippen molar-refractivity contribution in [3.8, 4) is 0 Å². The van der Waals surface area contributed by atoms with E-state index in [1.165, 1.54) is 12.1 Å². The van der Waals surface area contributed by atoms with Crippen molar-refractivity contribution in [3.63, 3.8) is 0 Å². The van der Waals surface area contributed by atoms with Crippen LogP contribution in [0, 0.1) is 5.92 Å². The van der Waals surface area contributed by atoms with Gasteiger partial charge in [0.05, 0.1) is 4.90 Å². The number of nitrogens with two attached hydrogens (primary N) is 1. The molecule has 5 nitrogen and oxygen atoms in total. The third-order valence-electron chi connectivity index (χ3n) is 2.40. The zero-order chi connectivity index (χ0) is 14.3. The molecular weight excluding hydrogens is 264 g/mol. The summed E-state index contributed by atoms with van der Waals surface area (Å²) < 4.78 is 31.7. The Morgan fingerprint density at radius 2 is 1.89 bits per heavy atom. The maximum absolute atomic E-state index is 11.9. The average molecular weight is 286 g/mol. The number of sulfonamides is 1. The van der Waals surface area contributed by atoms with Crippen LogP contribution in [0.1, 0.15) is 20.3 Å². The number of benzene rings is 1. The molecule has 0 aromatic heterocycles. The van der Waals surface area contributed by atoms with Crippen molar-refractivity contribution in [1.29, 1.82) is 0 Å². The molecule has 1 rings (SSSR count). The third-order valence-corrected chi connectivity index (χ3v) is 3.88. The highest BCUT2D eigenvalue weighted by molar-refractivity contribution is 7.89. The molecule has 0 aliphatic heterocycles. The summed E-state index contributed by atoms with van der Waals surface area (Å²) in [6.07, 6.45) is 0.654. The molecule has 0 saturated carbocycles. The molecule has 0 amide bonds. The van der Waals surface area contributed by atoms with Gasteiger partial charge >= 0.3 is 0 Å². The van der Waals surface area contributed by atoms with E-state index in [-0.39, 0.29) is 4.90 Å².